The van der Waals surface area contributed by atoms with E-state index < -0.39 is 0 Å². The van der Waals surface area contributed by atoms with Gasteiger partial charge in [-0.3, -0.25) is 4.79 Å². The van der Waals surface area contributed by atoms with E-state index >= 15 is 0 Å². The van der Waals surface area contributed by atoms with E-state index in [1.807, 2.05) is 30.0 Å². The van der Waals surface area contributed by atoms with Gasteiger partial charge in [-0.25, -0.2) is 0 Å². The van der Waals surface area contributed by atoms with Gasteiger partial charge in [-0.1, -0.05) is 18.2 Å². The maximum Gasteiger partial charge on any atom is 0.249 e. The van der Waals surface area contributed by atoms with Crippen molar-refractivity contribution in [3.63, 3.8) is 0 Å². The minimum absolute atomic E-state index is 0.115. The number of rotatable bonds is 4. The molecule has 1 N–H and O–H groups in total. The molecule has 1 fully saturated rings. The fraction of sp³-hybridized carbons (Fsp3) is 0.409. The van der Waals surface area contributed by atoms with Crippen molar-refractivity contribution in [1.29, 1.82) is 0 Å². The van der Waals surface area contributed by atoms with Crippen molar-refractivity contribution >= 4 is 23.0 Å². The molecule has 1 amide bonds. The number of benzene rings is 2. The Morgan fingerprint density at radius 3 is 2.56 bits per heavy atom. The van der Waals surface area contributed by atoms with Crippen LogP contribution in [0.1, 0.15) is 19.4 Å². The SMILES string of the molecule is C[C@@H]1Cc2ccccc2N1C(=O)[C@@H](C)Nc1ccc(N2CCOCC2)cc1. The molecule has 142 valence electrons. The molecule has 2 aromatic carbocycles. The van der Waals surface area contributed by atoms with Crippen molar-refractivity contribution in [2.45, 2.75) is 32.4 Å². The van der Waals surface area contributed by atoms with E-state index in [4.69, 9.17) is 4.74 Å². The Morgan fingerprint density at radius 1 is 1.11 bits per heavy atom. The van der Waals surface area contributed by atoms with E-state index in [-0.39, 0.29) is 18.0 Å². The lowest BCUT2D eigenvalue weighted by atomic mass is 10.1. The highest BCUT2D eigenvalue weighted by Crippen LogP contribution is 2.32. The average Bonchev–Trinajstić information content (AvgIpc) is 3.04. The van der Waals surface area contributed by atoms with Gasteiger partial charge >= 0.3 is 0 Å². The van der Waals surface area contributed by atoms with Crippen LogP contribution in [0.15, 0.2) is 48.5 Å². The zero-order chi connectivity index (χ0) is 18.8. The van der Waals surface area contributed by atoms with Crippen LogP contribution in [0.5, 0.6) is 0 Å². The molecule has 2 aromatic rings. The quantitative estimate of drug-likeness (QED) is 0.903. The summed E-state index contributed by atoms with van der Waals surface area (Å²) < 4.78 is 5.41. The number of hydrogen-bond acceptors (Lipinski definition) is 4. The number of nitrogens with zero attached hydrogens (tertiary/aromatic N) is 2. The highest BCUT2D eigenvalue weighted by Gasteiger charge is 2.32. The summed E-state index contributed by atoms with van der Waals surface area (Å²) in [4.78, 5) is 17.3. The van der Waals surface area contributed by atoms with Crippen molar-refractivity contribution in [1.82, 2.24) is 0 Å². The van der Waals surface area contributed by atoms with Gasteiger partial charge in [-0.15, -0.1) is 0 Å². The number of ether oxygens (including phenoxy) is 1. The standard InChI is InChI=1S/C22H27N3O2/c1-16-15-18-5-3-4-6-21(18)25(16)22(26)17(2)23-19-7-9-20(10-8-19)24-11-13-27-14-12-24/h3-10,16-17,23H,11-15H2,1-2H3/t16-,17-/m1/s1. The summed E-state index contributed by atoms with van der Waals surface area (Å²) in [7, 11) is 0. The molecule has 2 atom stereocenters. The molecule has 2 aliphatic rings. The van der Waals surface area contributed by atoms with Crippen molar-refractivity contribution in [2.75, 3.05) is 41.4 Å². The van der Waals surface area contributed by atoms with Crippen LogP contribution < -0.4 is 15.1 Å². The maximum absolute atomic E-state index is 13.1. The molecule has 0 spiro atoms. The van der Waals surface area contributed by atoms with E-state index in [0.717, 1.165) is 44.1 Å². The number of para-hydroxylation sites is 1. The van der Waals surface area contributed by atoms with Crippen molar-refractivity contribution in [2.24, 2.45) is 0 Å². The minimum atomic E-state index is -0.284. The molecule has 0 radical (unpaired) electrons. The normalized spacial score (nSPS) is 20.3. The molecule has 5 nitrogen and oxygen atoms in total. The zero-order valence-corrected chi connectivity index (χ0v) is 16.0. The molecule has 0 aliphatic carbocycles. The Balaban J connectivity index is 1.43. The number of amides is 1. The molecule has 0 unspecified atom stereocenters. The van der Waals surface area contributed by atoms with Gasteiger partial charge in [-0.05, 0) is 56.2 Å². The second kappa shape index (κ2) is 7.61. The van der Waals surface area contributed by atoms with Gasteiger partial charge < -0.3 is 19.9 Å². The Morgan fingerprint density at radius 2 is 1.81 bits per heavy atom. The topological polar surface area (TPSA) is 44.8 Å². The fourth-order valence-electron chi connectivity index (χ4n) is 4.01. The fourth-order valence-corrected chi connectivity index (χ4v) is 4.01. The average molecular weight is 365 g/mol. The first kappa shape index (κ1) is 17.9. The minimum Gasteiger partial charge on any atom is -0.378 e. The van der Waals surface area contributed by atoms with Gasteiger partial charge in [0.2, 0.25) is 5.91 Å². The predicted molar refractivity (Wildman–Crippen MR) is 110 cm³/mol. The summed E-state index contributed by atoms with van der Waals surface area (Å²) in [6.45, 7) is 7.46. The Hall–Kier alpha value is -2.53. The number of carbonyl (C=O) groups is 1. The van der Waals surface area contributed by atoms with Crippen LogP contribution in [0.3, 0.4) is 0 Å². The lowest BCUT2D eigenvalue weighted by molar-refractivity contribution is -0.119. The van der Waals surface area contributed by atoms with E-state index in [1.165, 1.54) is 11.3 Å². The molecule has 2 aliphatic heterocycles. The lowest BCUT2D eigenvalue weighted by Crippen LogP contribution is -2.44. The van der Waals surface area contributed by atoms with Crippen LogP contribution in [0.4, 0.5) is 17.1 Å². The zero-order valence-electron chi connectivity index (χ0n) is 16.0. The van der Waals surface area contributed by atoms with Crippen molar-refractivity contribution < 1.29 is 9.53 Å². The first-order chi connectivity index (χ1) is 13.1. The van der Waals surface area contributed by atoms with Crippen molar-refractivity contribution in [3.05, 3.63) is 54.1 Å². The van der Waals surface area contributed by atoms with Gasteiger partial charge in [-0.2, -0.15) is 0 Å². The lowest BCUT2D eigenvalue weighted by Gasteiger charge is -2.29. The number of hydrogen-bond donors (Lipinski definition) is 1. The highest BCUT2D eigenvalue weighted by atomic mass is 16.5. The number of fused-ring (bicyclic) bond motifs is 1. The summed E-state index contributed by atoms with van der Waals surface area (Å²) >= 11 is 0. The van der Waals surface area contributed by atoms with Gasteiger partial charge in [0.1, 0.15) is 6.04 Å². The number of morpholine rings is 1. The van der Waals surface area contributed by atoms with Crippen LogP contribution in [-0.4, -0.2) is 44.3 Å². The second-order valence-electron chi connectivity index (χ2n) is 7.40. The highest BCUT2D eigenvalue weighted by molar-refractivity contribution is 6.00. The van der Waals surface area contributed by atoms with Crippen LogP contribution in [-0.2, 0) is 16.0 Å². The van der Waals surface area contributed by atoms with Gasteiger partial charge in [0.05, 0.1) is 13.2 Å². The van der Waals surface area contributed by atoms with Gasteiger partial charge in [0, 0.05) is 36.2 Å². The molecule has 2 heterocycles. The summed E-state index contributed by atoms with van der Waals surface area (Å²) in [5.41, 5.74) is 4.46. The third kappa shape index (κ3) is 3.65. The molecular weight excluding hydrogens is 338 g/mol. The summed E-state index contributed by atoms with van der Waals surface area (Å²) in [6, 6.07) is 16.4. The third-order valence-corrected chi connectivity index (χ3v) is 5.44. The van der Waals surface area contributed by atoms with E-state index in [2.05, 4.69) is 47.5 Å². The summed E-state index contributed by atoms with van der Waals surface area (Å²) in [5, 5.41) is 3.37. The van der Waals surface area contributed by atoms with Crippen LogP contribution >= 0.6 is 0 Å². The van der Waals surface area contributed by atoms with Crippen LogP contribution in [0.2, 0.25) is 0 Å². The molecule has 4 rings (SSSR count). The van der Waals surface area contributed by atoms with E-state index in [0.29, 0.717) is 0 Å². The number of nitrogens with one attached hydrogen (secondary N) is 1. The van der Waals surface area contributed by atoms with Gasteiger partial charge in [0.25, 0.3) is 0 Å². The van der Waals surface area contributed by atoms with Crippen LogP contribution in [0.25, 0.3) is 0 Å². The molecule has 0 aromatic heterocycles. The van der Waals surface area contributed by atoms with E-state index in [9.17, 15) is 4.79 Å². The van der Waals surface area contributed by atoms with E-state index in [1.54, 1.807) is 0 Å². The Kier molecular flexibility index (Phi) is 5.03. The third-order valence-electron chi connectivity index (χ3n) is 5.44. The van der Waals surface area contributed by atoms with Crippen LogP contribution in [0, 0.1) is 0 Å². The van der Waals surface area contributed by atoms with Crippen molar-refractivity contribution in [3.8, 4) is 0 Å². The molecule has 27 heavy (non-hydrogen) atoms. The predicted octanol–water partition coefficient (Wildman–Crippen LogP) is 3.30. The Labute approximate surface area is 160 Å². The molecule has 0 bridgehead atoms. The molecule has 0 saturated carbocycles. The smallest absolute Gasteiger partial charge is 0.249 e. The largest absolute Gasteiger partial charge is 0.378 e. The first-order valence-electron chi connectivity index (χ1n) is 9.74. The molecule has 1 saturated heterocycles. The summed E-state index contributed by atoms with van der Waals surface area (Å²) in [5.74, 6) is 0.115. The first-order valence-corrected chi connectivity index (χ1v) is 9.74. The number of carbonyl (C=O) groups excluding carboxylic acids is 1. The number of anilines is 3. The Bertz CT molecular complexity index is 799. The molecule has 5 heteroatoms. The monoisotopic (exact) mass is 365 g/mol. The van der Waals surface area contributed by atoms with Gasteiger partial charge in [0.15, 0.2) is 0 Å². The molecular formula is C22H27N3O2. The maximum atomic E-state index is 13.1. The summed E-state index contributed by atoms with van der Waals surface area (Å²) in [6.07, 6.45) is 0.920. The second-order valence-corrected chi connectivity index (χ2v) is 7.40.